The summed E-state index contributed by atoms with van der Waals surface area (Å²) in [6, 6.07) is 4.23. The number of rotatable bonds is 5. The van der Waals surface area contributed by atoms with E-state index in [1.54, 1.807) is 17.0 Å². The molecule has 4 rings (SSSR count). The van der Waals surface area contributed by atoms with Gasteiger partial charge < -0.3 is 20.1 Å². The Kier molecular flexibility index (Phi) is 5.47. The second-order valence-corrected chi connectivity index (χ2v) is 8.14. The van der Waals surface area contributed by atoms with Gasteiger partial charge in [0.2, 0.25) is 0 Å². The van der Waals surface area contributed by atoms with E-state index in [1.807, 2.05) is 20.9 Å². The van der Waals surface area contributed by atoms with Crippen molar-refractivity contribution in [2.75, 3.05) is 38.5 Å². The number of carbonyl (C=O) groups is 2. The quantitative estimate of drug-likeness (QED) is 0.742. The summed E-state index contributed by atoms with van der Waals surface area (Å²) in [5.41, 5.74) is 4.37. The van der Waals surface area contributed by atoms with Crippen molar-refractivity contribution in [2.45, 2.75) is 26.7 Å². The Bertz CT molecular complexity index is 1030. The van der Waals surface area contributed by atoms with Gasteiger partial charge in [-0.3, -0.25) is 9.59 Å². The second-order valence-electron chi connectivity index (χ2n) is 8.14. The van der Waals surface area contributed by atoms with Gasteiger partial charge in [0, 0.05) is 42.8 Å². The van der Waals surface area contributed by atoms with Crippen molar-refractivity contribution >= 4 is 29.2 Å². The average molecular weight is 410 g/mol. The molecule has 1 fully saturated rings. The van der Waals surface area contributed by atoms with Crippen LogP contribution in [0.25, 0.3) is 11.6 Å². The van der Waals surface area contributed by atoms with Crippen LogP contribution in [0.15, 0.2) is 18.2 Å². The maximum atomic E-state index is 13.7. The predicted octanol–water partition coefficient (Wildman–Crippen LogP) is 3.43. The number of carbonyl (C=O) groups excluding carboxylic acids is 2. The van der Waals surface area contributed by atoms with Gasteiger partial charge in [-0.1, -0.05) is 0 Å². The Labute approximate surface area is 175 Å². The first kappa shape index (κ1) is 20.3. The number of nitrogens with zero attached hydrogens (tertiary/aromatic N) is 2. The third kappa shape index (κ3) is 3.77. The van der Waals surface area contributed by atoms with Gasteiger partial charge in [-0.15, -0.1) is 0 Å². The largest absolute Gasteiger partial charge is 0.358 e. The first-order chi connectivity index (χ1) is 14.3. The lowest BCUT2D eigenvalue weighted by molar-refractivity contribution is -0.110. The van der Waals surface area contributed by atoms with Gasteiger partial charge in [-0.25, -0.2) is 4.39 Å². The number of aryl methyl sites for hydroxylation is 1. The molecule has 1 saturated heterocycles. The molecule has 30 heavy (non-hydrogen) atoms. The zero-order valence-electron chi connectivity index (χ0n) is 17.6. The summed E-state index contributed by atoms with van der Waals surface area (Å²) in [6.45, 7) is 7.49. The lowest BCUT2D eigenvalue weighted by Gasteiger charge is -2.22. The molecule has 0 atom stereocenters. The Morgan fingerprint density at radius 1 is 1.27 bits per heavy atom. The summed E-state index contributed by atoms with van der Waals surface area (Å²) in [7, 11) is 1.83. The summed E-state index contributed by atoms with van der Waals surface area (Å²) >= 11 is 0. The van der Waals surface area contributed by atoms with Crippen molar-refractivity contribution in [2.24, 2.45) is 0 Å². The van der Waals surface area contributed by atoms with Crippen LogP contribution in [0.1, 0.15) is 45.7 Å². The van der Waals surface area contributed by atoms with Crippen LogP contribution in [0.4, 0.5) is 10.1 Å². The van der Waals surface area contributed by atoms with Gasteiger partial charge in [0.05, 0.1) is 11.1 Å². The molecule has 0 unspecified atom stereocenters. The van der Waals surface area contributed by atoms with Gasteiger partial charge in [-0.05, 0) is 69.6 Å². The number of aromatic amines is 1. The van der Waals surface area contributed by atoms with Crippen LogP contribution in [0.3, 0.4) is 0 Å². The van der Waals surface area contributed by atoms with Crippen molar-refractivity contribution in [3.05, 3.63) is 52.1 Å². The Hall–Kier alpha value is -2.93. The first-order valence-corrected chi connectivity index (χ1v) is 10.3. The second kappa shape index (κ2) is 8.07. The number of nitrogens with one attached hydrogen (secondary N) is 2. The highest BCUT2D eigenvalue weighted by Crippen LogP contribution is 2.34. The van der Waals surface area contributed by atoms with Gasteiger partial charge in [0.1, 0.15) is 5.82 Å². The summed E-state index contributed by atoms with van der Waals surface area (Å²) in [4.78, 5) is 32.9. The van der Waals surface area contributed by atoms with Crippen LogP contribution in [-0.2, 0) is 4.79 Å². The molecule has 1 aromatic carbocycles. The van der Waals surface area contributed by atoms with E-state index in [0.29, 0.717) is 34.6 Å². The van der Waals surface area contributed by atoms with E-state index in [-0.39, 0.29) is 11.8 Å². The highest BCUT2D eigenvalue weighted by molar-refractivity contribution is 6.34. The normalized spacial score (nSPS) is 17.5. The van der Waals surface area contributed by atoms with Crippen LogP contribution in [0.2, 0.25) is 0 Å². The molecule has 2 amide bonds. The maximum Gasteiger partial charge on any atom is 0.256 e. The van der Waals surface area contributed by atoms with E-state index in [1.165, 1.54) is 25.0 Å². The molecular formula is C23H27FN4O2. The SMILES string of the molecule is Cc1[nH]c(/C=C2\C(=O)Nc3ccc(F)cc32)c(C)c1C(=O)N(C)CCN1CCCC1. The van der Waals surface area contributed by atoms with Crippen molar-refractivity contribution in [1.29, 1.82) is 0 Å². The number of halogens is 1. The third-order valence-electron chi connectivity index (χ3n) is 6.04. The number of likely N-dealkylation sites (tertiary alicyclic amines) is 1. The fourth-order valence-electron chi connectivity index (χ4n) is 4.28. The number of H-pyrrole nitrogens is 1. The number of fused-ring (bicyclic) bond motifs is 1. The lowest BCUT2D eigenvalue weighted by Crippen LogP contribution is -2.35. The molecule has 7 heteroatoms. The van der Waals surface area contributed by atoms with E-state index in [9.17, 15) is 14.0 Å². The minimum Gasteiger partial charge on any atom is -0.358 e. The van der Waals surface area contributed by atoms with Gasteiger partial charge in [0.15, 0.2) is 0 Å². The van der Waals surface area contributed by atoms with Crippen LogP contribution in [0.5, 0.6) is 0 Å². The van der Waals surface area contributed by atoms with Crippen molar-refractivity contribution < 1.29 is 14.0 Å². The summed E-state index contributed by atoms with van der Waals surface area (Å²) < 4.78 is 13.7. The predicted molar refractivity (Wildman–Crippen MR) is 116 cm³/mol. The molecule has 2 N–H and O–H groups in total. The minimum absolute atomic E-state index is 0.0348. The number of amides is 2. The summed E-state index contributed by atoms with van der Waals surface area (Å²) in [5.74, 6) is -0.712. The minimum atomic E-state index is -0.397. The zero-order valence-corrected chi connectivity index (χ0v) is 17.6. The molecule has 158 valence electrons. The molecule has 1 aromatic heterocycles. The number of benzene rings is 1. The summed E-state index contributed by atoms with van der Waals surface area (Å²) in [5, 5.41) is 2.75. The van der Waals surface area contributed by atoms with Crippen molar-refractivity contribution in [3.63, 3.8) is 0 Å². The van der Waals surface area contributed by atoms with E-state index in [0.717, 1.165) is 30.9 Å². The van der Waals surface area contributed by atoms with Crippen LogP contribution >= 0.6 is 0 Å². The van der Waals surface area contributed by atoms with Crippen molar-refractivity contribution in [3.8, 4) is 0 Å². The number of anilines is 1. The standard InChI is InChI=1S/C23H27FN4O2/c1-14-20(13-18-17-12-16(24)6-7-19(17)26-22(18)29)25-15(2)21(14)23(30)27(3)10-11-28-8-4-5-9-28/h6-7,12-13,25H,4-5,8-11H2,1-3H3,(H,26,29)/b18-13-. The fourth-order valence-corrected chi connectivity index (χ4v) is 4.28. The van der Waals surface area contributed by atoms with Crippen LogP contribution in [0, 0.1) is 19.7 Å². The molecule has 6 nitrogen and oxygen atoms in total. The third-order valence-corrected chi connectivity index (χ3v) is 6.04. The summed E-state index contributed by atoms with van der Waals surface area (Å²) in [6.07, 6.45) is 4.16. The Morgan fingerprint density at radius 2 is 2.00 bits per heavy atom. The molecule has 0 aliphatic carbocycles. The van der Waals surface area contributed by atoms with E-state index < -0.39 is 5.82 Å². The average Bonchev–Trinajstić information content (AvgIpc) is 3.40. The zero-order chi connectivity index (χ0) is 21.4. The number of hydrogen-bond acceptors (Lipinski definition) is 3. The fraction of sp³-hybridized carbons (Fsp3) is 0.391. The Balaban J connectivity index is 1.58. The number of likely N-dealkylation sites (N-methyl/N-ethyl adjacent to an activating group) is 1. The van der Waals surface area contributed by atoms with Crippen molar-refractivity contribution in [1.82, 2.24) is 14.8 Å². The van der Waals surface area contributed by atoms with Gasteiger partial charge in [-0.2, -0.15) is 0 Å². The molecule has 3 heterocycles. The van der Waals surface area contributed by atoms with E-state index >= 15 is 0 Å². The molecule has 0 spiro atoms. The first-order valence-electron chi connectivity index (χ1n) is 10.3. The maximum absolute atomic E-state index is 13.7. The number of hydrogen-bond donors (Lipinski definition) is 2. The molecule has 0 saturated carbocycles. The molecule has 2 aromatic rings. The molecule has 0 bridgehead atoms. The lowest BCUT2D eigenvalue weighted by atomic mass is 10.0. The molecule has 2 aliphatic rings. The van der Waals surface area contributed by atoms with Gasteiger partial charge >= 0.3 is 0 Å². The highest BCUT2D eigenvalue weighted by Gasteiger charge is 2.27. The van der Waals surface area contributed by atoms with Crippen LogP contribution in [-0.4, -0.2) is 59.8 Å². The van der Waals surface area contributed by atoms with E-state index in [4.69, 9.17) is 0 Å². The van der Waals surface area contributed by atoms with Gasteiger partial charge in [0.25, 0.3) is 11.8 Å². The smallest absolute Gasteiger partial charge is 0.256 e. The monoisotopic (exact) mass is 410 g/mol. The number of aromatic nitrogens is 1. The van der Waals surface area contributed by atoms with E-state index in [2.05, 4.69) is 15.2 Å². The molecular weight excluding hydrogens is 383 g/mol. The van der Waals surface area contributed by atoms with Crippen LogP contribution < -0.4 is 5.32 Å². The topological polar surface area (TPSA) is 68.4 Å². The Morgan fingerprint density at radius 3 is 2.73 bits per heavy atom. The highest BCUT2D eigenvalue weighted by atomic mass is 19.1. The molecule has 0 radical (unpaired) electrons. The molecule has 2 aliphatic heterocycles.